The van der Waals surface area contributed by atoms with Crippen molar-refractivity contribution < 1.29 is 18.6 Å². The highest BCUT2D eigenvalue weighted by atomic mass is 19.1. The lowest BCUT2D eigenvalue weighted by Gasteiger charge is -2.20. The Morgan fingerprint density at radius 2 is 2.09 bits per heavy atom. The number of aromatic nitrogens is 2. The number of pyridine rings is 1. The first-order chi connectivity index (χ1) is 17.0. The molecule has 3 aromatic rings. The van der Waals surface area contributed by atoms with Crippen molar-refractivity contribution in [1.29, 1.82) is 5.41 Å². The minimum Gasteiger partial charge on any atom is -0.491 e. The van der Waals surface area contributed by atoms with Gasteiger partial charge >= 0.3 is 0 Å². The molecule has 9 nitrogen and oxygen atoms in total. The largest absolute Gasteiger partial charge is 0.491 e. The topological polar surface area (TPSA) is 133 Å². The Morgan fingerprint density at radius 1 is 1.29 bits per heavy atom. The van der Waals surface area contributed by atoms with E-state index < -0.39 is 11.9 Å². The number of nitrogens with one attached hydrogen (secondary N) is 1. The van der Waals surface area contributed by atoms with Gasteiger partial charge in [0.15, 0.2) is 11.7 Å². The van der Waals surface area contributed by atoms with Crippen LogP contribution in [0.2, 0.25) is 0 Å². The zero-order valence-electron chi connectivity index (χ0n) is 19.7. The minimum atomic E-state index is -0.699. The third kappa shape index (κ3) is 5.33. The Balaban J connectivity index is 1.67. The summed E-state index contributed by atoms with van der Waals surface area (Å²) < 4.78 is 31.8. The Hall–Kier alpha value is -3.76. The number of hydrogen-bond donors (Lipinski definition) is 3. The van der Waals surface area contributed by atoms with Gasteiger partial charge in [-0.05, 0) is 48.4 Å². The Morgan fingerprint density at radius 3 is 2.77 bits per heavy atom. The number of imidazole rings is 1. The van der Waals surface area contributed by atoms with Crippen LogP contribution in [0.3, 0.4) is 0 Å². The minimum absolute atomic E-state index is 0.0494. The van der Waals surface area contributed by atoms with E-state index in [0.29, 0.717) is 46.3 Å². The van der Waals surface area contributed by atoms with Crippen LogP contribution in [0.15, 0.2) is 53.9 Å². The molecule has 0 bridgehead atoms. The number of methoxy groups -OCH3 is 2. The zero-order chi connectivity index (χ0) is 24.9. The molecular weight excluding hydrogens is 451 g/mol. The first kappa shape index (κ1) is 24.4. The number of benzene rings is 1. The third-order valence-electron chi connectivity index (χ3n) is 5.81. The highest BCUT2D eigenvalue weighted by Crippen LogP contribution is 2.34. The van der Waals surface area contributed by atoms with Crippen molar-refractivity contribution in [1.82, 2.24) is 9.38 Å². The monoisotopic (exact) mass is 480 g/mol. The lowest BCUT2D eigenvalue weighted by atomic mass is 9.94. The molecule has 1 saturated carbocycles. The quantitative estimate of drug-likeness (QED) is 0.245. The number of nitrogens with zero attached hydrogens (tertiary/aromatic N) is 3. The summed E-state index contributed by atoms with van der Waals surface area (Å²) in [5.74, 6) is 0.769. The van der Waals surface area contributed by atoms with Gasteiger partial charge in [0.05, 0.1) is 26.0 Å². The second kappa shape index (κ2) is 10.7. The molecule has 1 aromatic carbocycles. The summed E-state index contributed by atoms with van der Waals surface area (Å²) in [4.78, 5) is 8.76. The van der Waals surface area contributed by atoms with Crippen LogP contribution in [0.1, 0.15) is 35.7 Å². The van der Waals surface area contributed by atoms with Crippen LogP contribution >= 0.6 is 0 Å². The zero-order valence-corrected chi connectivity index (χ0v) is 19.7. The maximum absolute atomic E-state index is 13.9. The number of ether oxygens (including phenoxy) is 3. The molecule has 0 radical (unpaired) electrons. The van der Waals surface area contributed by atoms with Crippen molar-refractivity contribution in [2.45, 2.75) is 18.9 Å². The lowest BCUT2D eigenvalue weighted by molar-refractivity contribution is 0.145. The molecule has 0 aliphatic heterocycles. The molecule has 4 rings (SSSR count). The molecule has 0 saturated heterocycles. The van der Waals surface area contributed by atoms with E-state index in [0.717, 1.165) is 12.8 Å². The predicted molar refractivity (Wildman–Crippen MR) is 132 cm³/mol. The van der Waals surface area contributed by atoms with Crippen molar-refractivity contribution in [2.75, 3.05) is 27.4 Å². The molecule has 2 aromatic heterocycles. The van der Waals surface area contributed by atoms with E-state index in [1.807, 2.05) is 12.1 Å². The summed E-state index contributed by atoms with van der Waals surface area (Å²) in [6.07, 6.45) is 6.85. The summed E-state index contributed by atoms with van der Waals surface area (Å²) in [7, 11) is 3.13. The number of fused-ring (bicyclic) bond motifs is 1. The van der Waals surface area contributed by atoms with Gasteiger partial charge in [0.2, 0.25) is 0 Å². The maximum atomic E-state index is 13.9. The maximum Gasteiger partial charge on any atom is 0.192 e. The van der Waals surface area contributed by atoms with Crippen LogP contribution in [0.25, 0.3) is 11.2 Å². The molecule has 1 unspecified atom stereocenters. The predicted octanol–water partition coefficient (Wildman–Crippen LogP) is 3.28. The second-order valence-corrected chi connectivity index (χ2v) is 8.19. The van der Waals surface area contributed by atoms with Crippen LogP contribution in [-0.2, 0) is 9.47 Å². The molecule has 1 aliphatic carbocycles. The van der Waals surface area contributed by atoms with E-state index >= 15 is 0 Å². The Kier molecular flexibility index (Phi) is 7.42. The number of aliphatic imine (C=N–C) groups is 1. The van der Waals surface area contributed by atoms with E-state index in [4.69, 9.17) is 31.1 Å². The van der Waals surface area contributed by atoms with Crippen LogP contribution in [0.4, 0.5) is 4.39 Å². The lowest BCUT2D eigenvalue weighted by Crippen LogP contribution is -2.17. The average Bonchev–Trinajstić information content (AvgIpc) is 3.61. The first-order valence-electron chi connectivity index (χ1n) is 11.2. The number of hydrogen-bond acceptors (Lipinski definition) is 7. The van der Waals surface area contributed by atoms with Gasteiger partial charge in [0.1, 0.15) is 29.5 Å². The van der Waals surface area contributed by atoms with Crippen LogP contribution < -0.4 is 16.2 Å². The van der Waals surface area contributed by atoms with Gasteiger partial charge in [-0.15, -0.1) is 0 Å². The fraction of sp³-hybridized carbons (Fsp3) is 0.320. The van der Waals surface area contributed by atoms with Crippen LogP contribution in [-0.4, -0.2) is 48.6 Å². The molecule has 10 heteroatoms. The summed E-state index contributed by atoms with van der Waals surface area (Å²) in [6.45, 7) is 0.601. The first-order valence-corrected chi connectivity index (χ1v) is 11.2. The highest BCUT2D eigenvalue weighted by Gasteiger charge is 2.29. The summed E-state index contributed by atoms with van der Waals surface area (Å²) in [5.41, 5.74) is 15.6. The van der Waals surface area contributed by atoms with E-state index in [1.54, 1.807) is 37.1 Å². The van der Waals surface area contributed by atoms with Crippen molar-refractivity contribution >= 4 is 23.0 Å². The van der Waals surface area contributed by atoms with Crippen molar-refractivity contribution in [3.63, 3.8) is 0 Å². The molecule has 1 aliphatic rings. The summed E-state index contributed by atoms with van der Waals surface area (Å²) in [5, 5.41) is 8.50. The molecule has 5 N–H and O–H groups in total. The van der Waals surface area contributed by atoms with Gasteiger partial charge in [-0.3, -0.25) is 9.81 Å². The molecule has 184 valence electrons. The molecule has 1 fully saturated rings. The van der Waals surface area contributed by atoms with E-state index in [9.17, 15) is 4.39 Å². The average molecular weight is 481 g/mol. The number of halogens is 1. The van der Waals surface area contributed by atoms with Gasteiger partial charge in [0.25, 0.3) is 0 Å². The fourth-order valence-corrected chi connectivity index (χ4v) is 3.80. The smallest absolute Gasteiger partial charge is 0.192 e. The van der Waals surface area contributed by atoms with E-state index in [1.165, 1.54) is 18.3 Å². The molecular formula is C25H29FN6O3. The fourth-order valence-electron chi connectivity index (χ4n) is 3.80. The van der Waals surface area contributed by atoms with Gasteiger partial charge < -0.3 is 25.7 Å². The van der Waals surface area contributed by atoms with Gasteiger partial charge in [-0.2, -0.15) is 4.99 Å². The molecule has 0 amide bonds. The highest BCUT2D eigenvalue weighted by molar-refractivity contribution is 6.03. The third-order valence-corrected chi connectivity index (χ3v) is 5.81. The van der Waals surface area contributed by atoms with Crippen molar-refractivity contribution in [3.8, 4) is 5.75 Å². The van der Waals surface area contributed by atoms with Gasteiger partial charge in [0, 0.05) is 30.9 Å². The van der Waals surface area contributed by atoms with Gasteiger partial charge in [-0.25, -0.2) is 9.37 Å². The molecule has 2 heterocycles. The summed E-state index contributed by atoms with van der Waals surface area (Å²) >= 11 is 0. The van der Waals surface area contributed by atoms with Crippen LogP contribution in [0.5, 0.6) is 5.75 Å². The Bertz CT molecular complexity index is 1280. The molecule has 1 atom stereocenters. The second-order valence-electron chi connectivity index (χ2n) is 8.19. The number of nitrogens with two attached hydrogens (primary N) is 2. The molecule has 0 spiro atoms. The van der Waals surface area contributed by atoms with Crippen molar-refractivity contribution in [2.24, 2.45) is 22.4 Å². The standard InChI is InChI=1S/C25H29FN6O3/c1-33-9-10-35-21-11-17(26)6-7-18(21)23(28)19(12-27)16-5-8-22-30-13-20(32(22)14-16)24(29)31-25(34-2)15-3-4-15/h5-8,11-15,23,29H,3-4,9-10,27-28H2,1-2H3/b19-12-,29-24?,31-25-. The number of rotatable bonds is 9. The Labute approximate surface area is 202 Å². The van der Waals surface area contributed by atoms with Crippen LogP contribution in [0, 0.1) is 17.1 Å². The van der Waals surface area contributed by atoms with E-state index in [2.05, 4.69) is 9.98 Å². The number of amidine groups is 1. The van der Waals surface area contributed by atoms with Gasteiger partial charge in [-0.1, -0.05) is 6.07 Å². The summed E-state index contributed by atoms with van der Waals surface area (Å²) in [6, 6.07) is 7.16. The SMILES string of the molecule is COCCOc1cc(F)ccc1C(N)/C(=C\N)c1ccc2ncc(C(=N)/N=C(\OC)C3CC3)n2c1. The van der Waals surface area contributed by atoms with Crippen molar-refractivity contribution in [3.05, 3.63) is 71.6 Å². The van der Waals surface area contributed by atoms with E-state index in [-0.39, 0.29) is 18.4 Å². The molecule has 35 heavy (non-hydrogen) atoms. The normalized spacial score (nSPS) is 15.3.